The van der Waals surface area contributed by atoms with Gasteiger partial charge in [0.05, 0.1) is 0 Å². The number of nitrogens with zero attached hydrogens (tertiary/aromatic N) is 2. The average molecular weight is 307 g/mol. The fourth-order valence-electron chi connectivity index (χ4n) is 3.28. The minimum atomic E-state index is -0.881. The van der Waals surface area contributed by atoms with E-state index in [1.54, 1.807) is 0 Å². The zero-order valence-electron chi connectivity index (χ0n) is 12.7. The van der Waals surface area contributed by atoms with Gasteiger partial charge < -0.3 is 5.32 Å². The molecule has 1 saturated heterocycles. The summed E-state index contributed by atoms with van der Waals surface area (Å²) in [7, 11) is 0. The Hall–Kier alpha value is -1.92. The van der Waals surface area contributed by atoms with Crippen LogP contribution in [0.25, 0.3) is 0 Å². The molecule has 0 aromatic rings. The monoisotopic (exact) mass is 307 g/mol. The van der Waals surface area contributed by atoms with Gasteiger partial charge in [-0.2, -0.15) is 0 Å². The molecule has 7 heteroatoms. The Balaban J connectivity index is 1.70. The van der Waals surface area contributed by atoms with Crippen molar-refractivity contribution < 1.29 is 19.2 Å². The second-order valence-electron chi connectivity index (χ2n) is 6.52. The molecule has 2 saturated carbocycles. The van der Waals surface area contributed by atoms with Gasteiger partial charge in [0, 0.05) is 12.1 Å². The molecule has 1 aliphatic heterocycles. The highest BCUT2D eigenvalue weighted by Crippen LogP contribution is 2.31. The molecule has 0 bridgehead atoms. The van der Waals surface area contributed by atoms with E-state index in [-0.39, 0.29) is 30.5 Å². The number of carbonyl (C=O) groups is 4. The van der Waals surface area contributed by atoms with E-state index in [1.807, 2.05) is 6.92 Å². The van der Waals surface area contributed by atoms with Gasteiger partial charge in [-0.1, -0.05) is 19.8 Å². The van der Waals surface area contributed by atoms with Crippen molar-refractivity contribution in [3.63, 3.8) is 0 Å². The van der Waals surface area contributed by atoms with Crippen LogP contribution in [0.3, 0.4) is 0 Å². The first-order chi connectivity index (χ1) is 10.5. The van der Waals surface area contributed by atoms with Crippen LogP contribution in [0.4, 0.5) is 4.79 Å². The summed E-state index contributed by atoms with van der Waals surface area (Å²) in [6.45, 7) is 1.63. The standard InChI is InChI=1S/C15H21N3O4/c1-9-4-2-3-5-11(9)18-14(21)13(20)17(15(18)22)8-12(19)16-10-6-7-10/h9-11H,2-8H2,1H3,(H,16,19)/t9-,11+/m1/s1. The summed E-state index contributed by atoms with van der Waals surface area (Å²) in [6, 6.07) is -0.709. The van der Waals surface area contributed by atoms with Gasteiger partial charge in [-0.05, 0) is 31.6 Å². The molecule has 0 spiro atoms. The van der Waals surface area contributed by atoms with Crippen molar-refractivity contribution in [3.05, 3.63) is 0 Å². The number of carbonyl (C=O) groups excluding carboxylic acids is 4. The van der Waals surface area contributed by atoms with Gasteiger partial charge in [0.15, 0.2) is 0 Å². The van der Waals surface area contributed by atoms with E-state index in [2.05, 4.69) is 5.32 Å². The average Bonchev–Trinajstić information content (AvgIpc) is 3.26. The van der Waals surface area contributed by atoms with Crippen molar-refractivity contribution in [2.24, 2.45) is 5.92 Å². The molecule has 120 valence electrons. The highest BCUT2D eigenvalue weighted by Gasteiger charge is 2.49. The second-order valence-corrected chi connectivity index (χ2v) is 6.52. The number of nitrogens with one attached hydrogen (secondary N) is 1. The van der Waals surface area contributed by atoms with Crippen LogP contribution in [0.2, 0.25) is 0 Å². The van der Waals surface area contributed by atoms with Gasteiger partial charge in [0.2, 0.25) is 5.91 Å². The van der Waals surface area contributed by atoms with Crippen LogP contribution in [0.1, 0.15) is 45.4 Å². The van der Waals surface area contributed by atoms with Crippen molar-refractivity contribution in [3.8, 4) is 0 Å². The predicted octanol–water partition coefficient (Wildman–Crippen LogP) is 0.635. The van der Waals surface area contributed by atoms with E-state index >= 15 is 0 Å². The molecular formula is C15H21N3O4. The molecule has 0 radical (unpaired) electrons. The van der Waals surface area contributed by atoms with E-state index in [0.29, 0.717) is 0 Å². The van der Waals surface area contributed by atoms with Crippen LogP contribution in [-0.4, -0.2) is 52.2 Å². The van der Waals surface area contributed by atoms with E-state index in [0.717, 1.165) is 48.3 Å². The highest BCUT2D eigenvalue weighted by atomic mass is 16.2. The minimum Gasteiger partial charge on any atom is -0.352 e. The Bertz CT molecular complexity index is 529. The molecule has 2 atom stereocenters. The zero-order chi connectivity index (χ0) is 15.9. The molecular weight excluding hydrogens is 286 g/mol. The van der Waals surface area contributed by atoms with Crippen molar-refractivity contribution >= 4 is 23.8 Å². The summed E-state index contributed by atoms with van der Waals surface area (Å²) in [5, 5.41) is 2.72. The Morgan fingerprint density at radius 1 is 1.09 bits per heavy atom. The van der Waals surface area contributed by atoms with Crippen LogP contribution in [-0.2, 0) is 14.4 Å². The Morgan fingerprint density at radius 3 is 2.41 bits per heavy atom. The van der Waals surface area contributed by atoms with E-state index < -0.39 is 17.8 Å². The summed E-state index contributed by atoms with van der Waals surface area (Å²) >= 11 is 0. The molecule has 0 aromatic heterocycles. The SMILES string of the molecule is C[C@@H]1CCCC[C@@H]1N1C(=O)C(=O)N(CC(=O)NC2CC2)C1=O. The summed E-state index contributed by atoms with van der Waals surface area (Å²) in [5.41, 5.74) is 0. The first kappa shape index (κ1) is 15.0. The molecule has 3 rings (SSSR count). The largest absolute Gasteiger partial charge is 0.352 e. The maximum atomic E-state index is 12.4. The molecule has 0 unspecified atom stereocenters. The van der Waals surface area contributed by atoms with Crippen LogP contribution in [0.15, 0.2) is 0 Å². The summed E-state index contributed by atoms with van der Waals surface area (Å²) < 4.78 is 0. The van der Waals surface area contributed by atoms with E-state index in [1.165, 1.54) is 0 Å². The van der Waals surface area contributed by atoms with Crippen LogP contribution >= 0.6 is 0 Å². The number of amides is 5. The molecule has 7 nitrogen and oxygen atoms in total. The van der Waals surface area contributed by atoms with Crippen LogP contribution in [0.5, 0.6) is 0 Å². The fourth-order valence-corrected chi connectivity index (χ4v) is 3.28. The quantitative estimate of drug-likeness (QED) is 0.610. The molecule has 22 heavy (non-hydrogen) atoms. The summed E-state index contributed by atoms with van der Waals surface area (Å²) in [6.07, 6.45) is 5.56. The fraction of sp³-hybridized carbons (Fsp3) is 0.733. The molecule has 3 fully saturated rings. The Morgan fingerprint density at radius 2 is 1.77 bits per heavy atom. The predicted molar refractivity (Wildman–Crippen MR) is 76.5 cm³/mol. The number of hydrogen-bond donors (Lipinski definition) is 1. The first-order valence-corrected chi connectivity index (χ1v) is 7.97. The van der Waals surface area contributed by atoms with Crippen molar-refractivity contribution in [2.45, 2.75) is 57.5 Å². The van der Waals surface area contributed by atoms with Crippen molar-refractivity contribution in [2.75, 3.05) is 6.54 Å². The van der Waals surface area contributed by atoms with E-state index in [4.69, 9.17) is 0 Å². The van der Waals surface area contributed by atoms with Gasteiger partial charge in [0.25, 0.3) is 0 Å². The van der Waals surface area contributed by atoms with Crippen LogP contribution < -0.4 is 5.32 Å². The van der Waals surface area contributed by atoms with Crippen molar-refractivity contribution in [1.29, 1.82) is 0 Å². The van der Waals surface area contributed by atoms with Gasteiger partial charge in [-0.15, -0.1) is 0 Å². The maximum absolute atomic E-state index is 12.4. The van der Waals surface area contributed by atoms with Gasteiger partial charge in [-0.3, -0.25) is 19.3 Å². The van der Waals surface area contributed by atoms with Gasteiger partial charge in [0.1, 0.15) is 6.54 Å². The number of urea groups is 1. The maximum Gasteiger partial charge on any atom is 0.334 e. The van der Waals surface area contributed by atoms with Gasteiger partial charge >= 0.3 is 17.8 Å². The topological polar surface area (TPSA) is 86.8 Å². The molecule has 2 aliphatic carbocycles. The lowest BCUT2D eigenvalue weighted by Crippen LogP contribution is -2.47. The molecule has 5 amide bonds. The van der Waals surface area contributed by atoms with Crippen molar-refractivity contribution in [1.82, 2.24) is 15.1 Å². The first-order valence-electron chi connectivity index (χ1n) is 7.97. The second kappa shape index (κ2) is 5.70. The minimum absolute atomic E-state index is 0.158. The smallest absolute Gasteiger partial charge is 0.334 e. The summed E-state index contributed by atoms with van der Waals surface area (Å²) in [4.78, 5) is 50.3. The molecule has 1 N–H and O–H groups in total. The molecule has 0 aromatic carbocycles. The highest BCUT2D eigenvalue weighted by molar-refractivity contribution is 6.45. The third-order valence-corrected chi connectivity index (χ3v) is 4.73. The molecule has 1 heterocycles. The normalized spacial score (nSPS) is 29.2. The third kappa shape index (κ3) is 2.71. The molecule has 3 aliphatic rings. The Labute approximate surface area is 129 Å². The Kier molecular flexibility index (Phi) is 3.88. The number of imide groups is 2. The summed E-state index contributed by atoms with van der Waals surface area (Å²) in [5.74, 6) is -1.86. The number of hydrogen-bond acceptors (Lipinski definition) is 4. The van der Waals surface area contributed by atoms with Gasteiger partial charge in [-0.25, -0.2) is 9.69 Å². The van der Waals surface area contributed by atoms with Crippen LogP contribution in [0, 0.1) is 5.92 Å². The van der Waals surface area contributed by atoms with E-state index in [9.17, 15) is 19.2 Å². The number of rotatable bonds is 4. The lowest BCUT2D eigenvalue weighted by Gasteiger charge is -2.34. The lowest BCUT2D eigenvalue weighted by molar-refractivity contribution is -0.145. The third-order valence-electron chi connectivity index (χ3n) is 4.73. The lowest BCUT2D eigenvalue weighted by atomic mass is 9.85. The zero-order valence-corrected chi connectivity index (χ0v) is 12.7.